The van der Waals surface area contributed by atoms with Gasteiger partial charge in [-0.3, -0.25) is 4.79 Å². The van der Waals surface area contributed by atoms with E-state index < -0.39 is 0 Å². The Morgan fingerprint density at radius 3 is 2.81 bits per heavy atom. The van der Waals surface area contributed by atoms with Gasteiger partial charge in [0.05, 0.1) is 0 Å². The maximum absolute atomic E-state index is 12.2. The van der Waals surface area contributed by atoms with Crippen LogP contribution in [0.15, 0.2) is 24.3 Å². The number of fused-ring (bicyclic) bond motifs is 1. The number of hydrogen-bond acceptors (Lipinski definition) is 2. The number of amides is 1. The molecule has 1 fully saturated rings. The molecule has 1 amide bonds. The summed E-state index contributed by atoms with van der Waals surface area (Å²) in [6.45, 7) is 0.779. The van der Waals surface area contributed by atoms with Crippen LogP contribution in [-0.4, -0.2) is 18.5 Å². The van der Waals surface area contributed by atoms with Gasteiger partial charge in [0.1, 0.15) is 0 Å². The number of halogens is 1. The van der Waals surface area contributed by atoms with Crippen LogP contribution in [0.3, 0.4) is 0 Å². The third-order valence-corrected chi connectivity index (χ3v) is 4.86. The van der Waals surface area contributed by atoms with Crippen molar-refractivity contribution in [3.05, 3.63) is 35.4 Å². The molecule has 1 aromatic rings. The summed E-state index contributed by atoms with van der Waals surface area (Å²) in [5.41, 5.74) is 8.78. The van der Waals surface area contributed by atoms with Crippen molar-refractivity contribution in [2.75, 3.05) is 6.54 Å². The Labute approximate surface area is 133 Å². The molecule has 0 radical (unpaired) electrons. The number of nitrogens with two attached hydrogens (primary N) is 1. The molecule has 21 heavy (non-hydrogen) atoms. The summed E-state index contributed by atoms with van der Waals surface area (Å²) in [7, 11) is 0. The molecule has 2 aliphatic carbocycles. The molecule has 1 saturated carbocycles. The van der Waals surface area contributed by atoms with E-state index in [1.54, 1.807) is 0 Å². The van der Waals surface area contributed by atoms with E-state index in [4.69, 9.17) is 5.73 Å². The number of benzene rings is 1. The molecule has 1 aromatic carbocycles. The molecule has 3 unspecified atom stereocenters. The van der Waals surface area contributed by atoms with Gasteiger partial charge < -0.3 is 11.1 Å². The highest BCUT2D eigenvalue weighted by atomic mass is 35.5. The van der Waals surface area contributed by atoms with E-state index in [2.05, 4.69) is 29.6 Å². The van der Waals surface area contributed by atoms with Crippen molar-refractivity contribution >= 4 is 18.3 Å². The maximum atomic E-state index is 12.2. The molecule has 2 aliphatic rings. The van der Waals surface area contributed by atoms with Gasteiger partial charge >= 0.3 is 0 Å². The maximum Gasteiger partial charge on any atom is 0.223 e. The minimum absolute atomic E-state index is 0. The summed E-state index contributed by atoms with van der Waals surface area (Å²) in [6.07, 6.45) is 6.39. The molecule has 3 atom stereocenters. The van der Waals surface area contributed by atoms with Crippen LogP contribution < -0.4 is 11.1 Å². The Balaban J connectivity index is 0.00000161. The van der Waals surface area contributed by atoms with Crippen molar-refractivity contribution in [2.45, 2.75) is 50.5 Å². The minimum atomic E-state index is 0. The second kappa shape index (κ2) is 7.28. The number of aryl methyl sites for hydroxylation is 1. The zero-order valence-electron chi connectivity index (χ0n) is 12.4. The minimum Gasteiger partial charge on any atom is -0.355 e. The molecule has 0 aliphatic heterocycles. The molecule has 3 N–H and O–H groups in total. The fourth-order valence-corrected chi connectivity index (χ4v) is 3.69. The van der Waals surface area contributed by atoms with Crippen LogP contribution in [0.1, 0.15) is 49.1 Å². The molecule has 4 heteroatoms. The summed E-state index contributed by atoms with van der Waals surface area (Å²) in [5, 5.41) is 3.16. The lowest BCUT2D eigenvalue weighted by atomic mass is 9.83. The van der Waals surface area contributed by atoms with Crippen molar-refractivity contribution in [1.29, 1.82) is 0 Å². The number of hydrogen-bond donors (Lipinski definition) is 2. The van der Waals surface area contributed by atoms with Crippen molar-refractivity contribution in [1.82, 2.24) is 5.32 Å². The summed E-state index contributed by atoms with van der Waals surface area (Å²) >= 11 is 0. The van der Waals surface area contributed by atoms with Crippen molar-refractivity contribution in [2.24, 2.45) is 11.7 Å². The summed E-state index contributed by atoms with van der Waals surface area (Å²) < 4.78 is 0. The molecule has 0 spiro atoms. The summed E-state index contributed by atoms with van der Waals surface area (Å²) in [6, 6.07) is 8.88. The van der Waals surface area contributed by atoms with Crippen LogP contribution in [0.25, 0.3) is 0 Å². The van der Waals surface area contributed by atoms with Crippen molar-refractivity contribution < 1.29 is 4.79 Å². The molecular formula is C17H25ClN2O. The van der Waals surface area contributed by atoms with E-state index in [-0.39, 0.29) is 30.3 Å². The zero-order valence-corrected chi connectivity index (χ0v) is 13.2. The quantitative estimate of drug-likeness (QED) is 0.902. The van der Waals surface area contributed by atoms with E-state index in [0.717, 1.165) is 25.8 Å². The lowest BCUT2D eigenvalue weighted by Gasteiger charge is -2.26. The van der Waals surface area contributed by atoms with Crippen LogP contribution >= 0.6 is 12.4 Å². The average molecular weight is 309 g/mol. The van der Waals surface area contributed by atoms with E-state index in [1.165, 1.54) is 30.4 Å². The first-order valence-corrected chi connectivity index (χ1v) is 7.85. The molecule has 3 rings (SSSR count). The highest BCUT2D eigenvalue weighted by Gasteiger charge is 2.28. The first kappa shape index (κ1) is 16.3. The van der Waals surface area contributed by atoms with Gasteiger partial charge in [-0.2, -0.15) is 0 Å². The Bertz CT molecular complexity index is 491. The summed E-state index contributed by atoms with van der Waals surface area (Å²) in [4.78, 5) is 12.2. The third kappa shape index (κ3) is 3.78. The van der Waals surface area contributed by atoms with E-state index in [1.807, 2.05) is 0 Å². The molecular weight excluding hydrogens is 284 g/mol. The smallest absolute Gasteiger partial charge is 0.223 e. The van der Waals surface area contributed by atoms with Crippen LogP contribution in [-0.2, 0) is 11.2 Å². The Kier molecular flexibility index (Phi) is 5.65. The lowest BCUT2D eigenvalue weighted by molar-refractivity contribution is -0.124. The van der Waals surface area contributed by atoms with Gasteiger partial charge in [-0.25, -0.2) is 0 Å². The Hall–Kier alpha value is -1.06. The molecule has 3 nitrogen and oxygen atoms in total. The summed E-state index contributed by atoms with van der Waals surface area (Å²) in [5.74, 6) is 0.837. The van der Waals surface area contributed by atoms with Gasteiger partial charge in [-0.15, -0.1) is 12.4 Å². The average Bonchev–Trinajstić information content (AvgIpc) is 2.91. The monoisotopic (exact) mass is 308 g/mol. The number of nitrogens with one attached hydrogen (secondary N) is 1. The molecule has 0 heterocycles. The van der Waals surface area contributed by atoms with Crippen LogP contribution in [0.2, 0.25) is 0 Å². The fourth-order valence-electron chi connectivity index (χ4n) is 3.69. The second-order valence-electron chi connectivity index (χ2n) is 6.30. The van der Waals surface area contributed by atoms with Gasteiger partial charge in [0, 0.05) is 24.4 Å². The molecule has 0 aromatic heterocycles. The normalized spacial score (nSPS) is 27.6. The van der Waals surface area contributed by atoms with E-state index in [0.29, 0.717) is 5.92 Å². The largest absolute Gasteiger partial charge is 0.355 e. The highest BCUT2D eigenvalue weighted by Crippen LogP contribution is 2.31. The van der Waals surface area contributed by atoms with Gasteiger partial charge in [-0.05, 0) is 49.7 Å². The van der Waals surface area contributed by atoms with Gasteiger partial charge in [0.2, 0.25) is 5.91 Å². The zero-order chi connectivity index (χ0) is 13.9. The van der Waals surface area contributed by atoms with Crippen LogP contribution in [0.5, 0.6) is 0 Å². The van der Waals surface area contributed by atoms with Crippen molar-refractivity contribution in [3.63, 3.8) is 0 Å². The highest BCUT2D eigenvalue weighted by molar-refractivity contribution is 5.85. The molecule has 0 bridgehead atoms. The predicted octanol–water partition coefficient (Wildman–Crippen LogP) is 2.77. The van der Waals surface area contributed by atoms with E-state index in [9.17, 15) is 4.79 Å². The SMILES string of the molecule is Cl.NC1CCC(C(=O)NCC2CCCc3ccccc32)C1. The van der Waals surface area contributed by atoms with Gasteiger partial charge in [-0.1, -0.05) is 24.3 Å². The first-order valence-electron chi connectivity index (χ1n) is 7.85. The number of carbonyl (C=O) groups excluding carboxylic acids is 1. The topological polar surface area (TPSA) is 55.1 Å². The van der Waals surface area contributed by atoms with Crippen LogP contribution in [0, 0.1) is 5.92 Å². The Morgan fingerprint density at radius 1 is 1.24 bits per heavy atom. The standard InChI is InChI=1S/C17H24N2O.ClH/c18-15-9-8-13(10-15)17(20)19-11-14-6-3-5-12-4-1-2-7-16(12)14;/h1-2,4,7,13-15H,3,5-6,8-11,18H2,(H,19,20);1H. The van der Waals surface area contributed by atoms with Crippen molar-refractivity contribution in [3.8, 4) is 0 Å². The second-order valence-corrected chi connectivity index (χ2v) is 6.30. The third-order valence-electron chi connectivity index (χ3n) is 4.86. The van der Waals surface area contributed by atoms with Crippen LogP contribution in [0.4, 0.5) is 0 Å². The van der Waals surface area contributed by atoms with E-state index >= 15 is 0 Å². The number of carbonyl (C=O) groups is 1. The molecule has 116 valence electrons. The fraction of sp³-hybridized carbons (Fsp3) is 0.588. The Morgan fingerprint density at radius 2 is 2.05 bits per heavy atom. The first-order chi connectivity index (χ1) is 9.74. The molecule has 0 saturated heterocycles. The van der Waals surface area contributed by atoms with Gasteiger partial charge in [0.25, 0.3) is 0 Å². The van der Waals surface area contributed by atoms with Gasteiger partial charge in [0.15, 0.2) is 0 Å². The predicted molar refractivity (Wildman–Crippen MR) is 87.7 cm³/mol. The lowest BCUT2D eigenvalue weighted by Crippen LogP contribution is -2.34. The number of rotatable bonds is 3.